The molecule has 13 heavy (non-hydrogen) atoms. The average Bonchev–Trinajstić information content (AvgIpc) is 2.06. The molecule has 7 heteroatoms. The summed E-state index contributed by atoms with van der Waals surface area (Å²) in [5, 5.41) is 8.33. The van der Waals surface area contributed by atoms with Crippen LogP contribution in [0.2, 0.25) is 0 Å². The van der Waals surface area contributed by atoms with Crippen molar-refractivity contribution < 1.29 is 9.90 Å². The van der Waals surface area contributed by atoms with E-state index in [1.54, 1.807) is 4.91 Å². The van der Waals surface area contributed by atoms with E-state index in [1.165, 1.54) is 0 Å². The predicted molar refractivity (Wildman–Crippen MR) is 48.0 cm³/mol. The Labute approximate surface area is 76.1 Å². The van der Waals surface area contributed by atoms with Crippen molar-refractivity contribution in [2.45, 2.75) is 25.3 Å². The number of rotatable bonds is 5. The van der Waals surface area contributed by atoms with Crippen molar-refractivity contribution in [3.63, 3.8) is 0 Å². The zero-order valence-corrected chi connectivity index (χ0v) is 7.31. The Balaban J connectivity index is 0. The number of carbonyl (C=O) groups is 1. The molecule has 0 aliphatic rings. The van der Waals surface area contributed by atoms with Crippen LogP contribution in [0, 0.1) is 5.53 Å². The fourth-order valence-corrected chi connectivity index (χ4v) is 0.632. The van der Waals surface area contributed by atoms with Crippen molar-refractivity contribution >= 4 is 5.97 Å². The van der Waals surface area contributed by atoms with Crippen LogP contribution < -0.4 is 11.5 Å². The van der Waals surface area contributed by atoms with Crippen LogP contribution in [-0.4, -0.2) is 23.7 Å². The van der Waals surface area contributed by atoms with E-state index in [1.807, 2.05) is 0 Å². The molecule has 0 rings (SSSR count). The van der Waals surface area contributed by atoms with E-state index in [0.29, 0.717) is 13.0 Å². The highest BCUT2D eigenvalue weighted by atomic mass is 16.4. The van der Waals surface area contributed by atoms with Crippen molar-refractivity contribution in [3.05, 3.63) is 10.4 Å². The lowest BCUT2D eigenvalue weighted by Gasteiger charge is -2.03. The molecule has 0 aromatic heterocycles. The molecular weight excluding hydrogens is 174 g/mol. The summed E-state index contributed by atoms with van der Waals surface area (Å²) in [5.74, 6) is -0.933. The van der Waals surface area contributed by atoms with Crippen LogP contribution >= 0.6 is 0 Å². The number of hydrogen-bond acceptors (Lipinski definition) is 4. The Hall–Kier alpha value is -1.30. The quantitative estimate of drug-likeness (QED) is 0.214. The molecule has 0 fully saturated rings. The number of nitrogens with one attached hydrogen (secondary N) is 1. The largest absolute Gasteiger partial charge is 0.480 e. The van der Waals surface area contributed by atoms with Gasteiger partial charge >= 0.3 is 5.97 Å². The van der Waals surface area contributed by atoms with Crippen molar-refractivity contribution in [1.82, 2.24) is 0 Å². The van der Waals surface area contributed by atoms with Gasteiger partial charge in [0.2, 0.25) is 0 Å². The summed E-state index contributed by atoms with van der Waals surface area (Å²) in [6.07, 6.45) is 2.16. The van der Waals surface area contributed by atoms with E-state index in [0.717, 1.165) is 12.8 Å². The van der Waals surface area contributed by atoms with Gasteiger partial charge in [0.25, 0.3) is 0 Å². The van der Waals surface area contributed by atoms with Crippen molar-refractivity contribution in [2.75, 3.05) is 6.54 Å². The van der Waals surface area contributed by atoms with Crippen molar-refractivity contribution in [3.8, 4) is 0 Å². The maximum atomic E-state index is 10.1. The van der Waals surface area contributed by atoms with Crippen LogP contribution in [0.5, 0.6) is 0 Å². The van der Waals surface area contributed by atoms with Gasteiger partial charge in [0.15, 0.2) is 0 Å². The first-order valence-electron chi connectivity index (χ1n) is 3.79. The second-order valence-corrected chi connectivity index (χ2v) is 2.33. The van der Waals surface area contributed by atoms with E-state index in [-0.39, 0.29) is 0 Å². The molecule has 0 aliphatic heterocycles. The summed E-state index contributed by atoms with van der Waals surface area (Å²) in [6, 6.07) is -0.716. The summed E-state index contributed by atoms with van der Waals surface area (Å²) in [6.45, 7) is 0.604. The highest BCUT2D eigenvalue weighted by Gasteiger charge is 2.09. The Morgan fingerprint density at radius 1 is 1.62 bits per heavy atom. The van der Waals surface area contributed by atoms with Crippen LogP contribution in [0.1, 0.15) is 19.3 Å². The molecular formula is C6H15N5O2. The lowest BCUT2D eigenvalue weighted by Crippen LogP contribution is -2.29. The molecule has 7 nitrogen and oxygen atoms in total. The van der Waals surface area contributed by atoms with Crippen LogP contribution in [0.15, 0.2) is 0 Å². The van der Waals surface area contributed by atoms with E-state index >= 15 is 0 Å². The fourth-order valence-electron chi connectivity index (χ4n) is 0.632. The number of unbranched alkanes of at least 4 members (excludes halogenated alkanes) is 1. The molecule has 0 saturated carbocycles. The minimum absolute atomic E-state index is 0.520. The molecule has 0 unspecified atom stereocenters. The second-order valence-electron chi connectivity index (χ2n) is 2.33. The van der Waals surface area contributed by atoms with Gasteiger partial charge < -0.3 is 16.6 Å². The Morgan fingerprint density at radius 2 is 2.08 bits per heavy atom. The lowest BCUT2D eigenvalue weighted by atomic mass is 10.1. The number of nitrogens with zero attached hydrogens (tertiary/aromatic N) is 2. The number of carboxylic acids is 1. The zero-order valence-electron chi connectivity index (χ0n) is 7.31. The summed E-state index contributed by atoms with van der Waals surface area (Å²) in [5.41, 5.74) is 22.7. The second kappa shape index (κ2) is 10.7. The highest BCUT2D eigenvalue weighted by molar-refractivity contribution is 5.72. The SMILES string of the molecule is NCCCC[C@H](N)C(=O)O.[N-]=[N+]=N. The number of nitrogens with two attached hydrogens (primary N) is 2. The molecule has 0 bridgehead atoms. The van der Waals surface area contributed by atoms with Gasteiger partial charge in [-0.2, -0.15) is 0 Å². The molecule has 0 heterocycles. The van der Waals surface area contributed by atoms with Gasteiger partial charge in [0.05, 0.1) is 0 Å². The molecule has 0 amide bonds. The third kappa shape index (κ3) is 13.7. The van der Waals surface area contributed by atoms with E-state index in [9.17, 15) is 4.79 Å². The summed E-state index contributed by atoms with van der Waals surface area (Å²) < 4.78 is 0. The third-order valence-electron chi connectivity index (χ3n) is 1.29. The van der Waals surface area contributed by atoms with E-state index in [2.05, 4.69) is 0 Å². The molecule has 0 radical (unpaired) electrons. The smallest absolute Gasteiger partial charge is 0.320 e. The van der Waals surface area contributed by atoms with Gasteiger partial charge in [-0.15, -0.1) is 5.53 Å². The van der Waals surface area contributed by atoms with Gasteiger partial charge in [-0.25, -0.2) is 0 Å². The third-order valence-corrected chi connectivity index (χ3v) is 1.29. The minimum atomic E-state index is -0.933. The molecule has 6 N–H and O–H groups in total. The van der Waals surface area contributed by atoms with Crippen LogP contribution in [0.3, 0.4) is 0 Å². The Kier molecular flexibility index (Phi) is 11.7. The summed E-state index contributed by atoms with van der Waals surface area (Å²) >= 11 is 0. The van der Waals surface area contributed by atoms with Gasteiger partial charge in [0.1, 0.15) is 6.04 Å². The van der Waals surface area contributed by atoms with E-state index < -0.39 is 12.0 Å². The topological polar surface area (TPSA) is 150 Å². The van der Waals surface area contributed by atoms with Gasteiger partial charge in [0, 0.05) is 0 Å². The molecule has 76 valence electrons. The monoisotopic (exact) mass is 189 g/mol. The molecule has 0 aromatic carbocycles. The number of aliphatic carboxylic acids is 1. The normalized spacial score (nSPS) is 10.6. The maximum Gasteiger partial charge on any atom is 0.320 e. The molecule has 1 atom stereocenters. The van der Waals surface area contributed by atoms with Gasteiger partial charge in [-0.05, 0) is 29.8 Å². The van der Waals surface area contributed by atoms with Crippen LogP contribution in [0.4, 0.5) is 0 Å². The number of hydrogen-bond donors (Lipinski definition) is 4. The Morgan fingerprint density at radius 3 is 2.38 bits per heavy atom. The number of carboxylic acid groups (broad SMARTS) is 1. The average molecular weight is 189 g/mol. The molecule has 0 aromatic rings. The zero-order chi connectivity index (χ0) is 10.7. The van der Waals surface area contributed by atoms with E-state index in [4.69, 9.17) is 27.6 Å². The van der Waals surface area contributed by atoms with Gasteiger partial charge in [-0.3, -0.25) is 4.79 Å². The van der Waals surface area contributed by atoms with Crippen LogP contribution in [-0.2, 0) is 4.79 Å². The first kappa shape index (κ1) is 14.2. The summed E-state index contributed by atoms with van der Waals surface area (Å²) in [7, 11) is 0. The minimum Gasteiger partial charge on any atom is -0.480 e. The first-order valence-corrected chi connectivity index (χ1v) is 3.79. The molecule has 0 aliphatic carbocycles. The standard InChI is InChI=1S/C6H14N2O2.HN3/c7-4-2-1-3-5(8)6(9)10;1-3-2/h5H,1-4,7-8H2,(H,9,10);1H/t5-;/m0./s1. The lowest BCUT2D eigenvalue weighted by molar-refractivity contribution is -0.138. The van der Waals surface area contributed by atoms with Crippen molar-refractivity contribution in [2.24, 2.45) is 11.5 Å². The molecule has 0 saturated heterocycles. The maximum absolute atomic E-state index is 10.1. The highest BCUT2D eigenvalue weighted by Crippen LogP contribution is 1.96. The first-order chi connectivity index (χ1) is 6.09. The van der Waals surface area contributed by atoms with Gasteiger partial charge in [-0.1, -0.05) is 6.42 Å². The Bertz CT molecular complexity index is 166. The predicted octanol–water partition coefficient (Wildman–Crippen LogP) is 0.403. The van der Waals surface area contributed by atoms with Crippen LogP contribution in [0.25, 0.3) is 10.4 Å². The summed E-state index contributed by atoms with van der Waals surface area (Å²) in [4.78, 5) is 11.9. The fraction of sp³-hybridized carbons (Fsp3) is 0.833. The van der Waals surface area contributed by atoms with Crippen molar-refractivity contribution in [1.29, 1.82) is 5.53 Å². The molecule has 0 spiro atoms.